The molecule has 22 heavy (non-hydrogen) atoms. The first kappa shape index (κ1) is 15.1. The summed E-state index contributed by atoms with van der Waals surface area (Å²) in [5, 5.41) is 0. The zero-order valence-corrected chi connectivity index (χ0v) is 13.4. The number of carbonyl (C=O) groups excluding carboxylic acids is 1. The topological polar surface area (TPSA) is 47.9 Å². The summed E-state index contributed by atoms with van der Waals surface area (Å²) in [7, 11) is 3.28. The third-order valence-electron chi connectivity index (χ3n) is 4.76. The molecule has 0 saturated heterocycles. The lowest BCUT2D eigenvalue weighted by Gasteiger charge is -2.20. The molecule has 0 bridgehead atoms. The number of nitrogens with zero attached hydrogens (tertiary/aromatic N) is 1. The molecule has 1 heterocycles. The van der Waals surface area contributed by atoms with Crippen molar-refractivity contribution in [3.05, 3.63) is 23.3 Å². The first-order chi connectivity index (χ1) is 10.7. The summed E-state index contributed by atoms with van der Waals surface area (Å²) in [5.41, 5.74) is 3.16. The van der Waals surface area contributed by atoms with Crippen LogP contribution in [0.4, 0.5) is 0 Å². The minimum atomic E-state index is 0.244. The number of ether oxygens (including phenoxy) is 2. The van der Waals surface area contributed by atoms with Gasteiger partial charge in [0.2, 0.25) is 0 Å². The first-order valence-corrected chi connectivity index (χ1v) is 8.04. The highest BCUT2D eigenvalue weighted by Crippen LogP contribution is 2.34. The van der Waals surface area contributed by atoms with E-state index < -0.39 is 0 Å². The molecule has 0 spiro atoms. The molecule has 0 atom stereocenters. The number of methoxy groups -OCH3 is 2. The lowest BCUT2D eigenvalue weighted by Crippen LogP contribution is -2.20. The van der Waals surface area contributed by atoms with E-state index in [9.17, 15) is 4.79 Å². The van der Waals surface area contributed by atoms with Crippen LogP contribution in [0.3, 0.4) is 0 Å². The van der Waals surface area contributed by atoms with Gasteiger partial charge < -0.3 is 9.47 Å². The highest BCUT2D eigenvalue weighted by Gasteiger charge is 2.26. The van der Waals surface area contributed by atoms with Gasteiger partial charge in [-0.1, -0.05) is 12.8 Å². The number of hydrogen-bond donors (Lipinski definition) is 0. The number of carbonyl (C=O) groups is 1. The normalized spacial score (nSPS) is 17.8. The fourth-order valence-corrected chi connectivity index (χ4v) is 3.50. The van der Waals surface area contributed by atoms with E-state index in [1.54, 1.807) is 14.2 Å². The van der Waals surface area contributed by atoms with Crippen molar-refractivity contribution in [2.24, 2.45) is 10.9 Å². The summed E-state index contributed by atoms with van der Waals surface area (Å²) in [5.74, 6) is 2.03. The highest BCUT2D eigenvalue weighted by molar-refractivity contribution is 6.13. The molecule has 0 N–H and O–H groups in total. The number of rotatable bonds is 5. The molecule has 1 fully saturated rings. The molecule has 1 aliphatic heterocycles. The minimum absolute atomic E-state index is 0.244. The van der Waals surface area contributed by atoms with Gasteiger partial charge in [-0.3, -0.25) is 9.79 Å². The van der Waals surface area contributed by atoms with Gasteiger partial charge in [0.1, 0.15) is 5.78 Å². The molecule has 2 aliphatic rings. The van der Waals surface area contributed by atoms with Crippen molar-refractivity contribution in [2.75, 3.05) is 20.8 Å². The largest absolute Gasteiger partial charge is 0.493 e. The van der Waals surface area contributed by atoms with Crippen molar-refractivity contribution >= 4 is 11.5 Å². The van der Waals surface area contributed by atoms with E-state index in [2.05, 4.69) is 4.99 Å². The monoisotopic (exact) mass is 301 g/mol. The summed E-state index contributed by atoms with van der Waals surface area (Å²) < 4.78 is 10.8. The zero-order valence-electron chi connectivity index (χ0n) is 13.4. The van der Waals surface area contributed by atoms with E-state index in [0.29, 0.717) is 18.0 Å². The molecular weight excluding hydrogens is 278 g/mol. The second kappa shape index (κ2) is 6.51. The Bertz CT molecular complexity index is 601. The molecular formula is C18H23NO3. The second-order valence-electron chi connectivity index (χ2n) is 6.07. The Morgan fingerprint density at radius 1 is 1.18 bits per heavy atom. The van der Waals surface area contributed by atoms with Crippen molar-refractivity contribution in [3.63, 3.8) is 0 Å². The van der Waals surface area contributed by atoms with Gasteiger partial charge in [-0.25, -0.2) is 0 Å². The van der Waals surface area contributed by atoms with E-state index in [1.807, 2.05) is 12.1 Å². The summed E-state index contributed by atoms with van der Waals surface area (Å²) in [6, 6.07) is 3.98. The van der Waals surface area contributed by atoms with Crippen LogP contribution < -0.4 is 9.47 Å². The first-order valence-electron chi connectivity index (χ1n) is 8.04. The SMILES string of the molecule is COc1cc2c(cc1OC)C(CC(=O)C1CCCC1)=NCC2. The number of hydrogen-bond acceptors (Lipinski definition) is 4. The Morgan fingerprint density at radius 3 is 2.55 bits per heavy atom. The molecule has 4 heteroatoms. The Kier molecular flexibility index (Phi) is 4.46. The Morgan fingerprint density at radius 2 is 1.86 bits per heavy atom. The third kappa shape index (κ3) is 2.87. The number of Topliss-reactive ketones (excluding diaryl/α,β-unsaturated/α-hetero) is 1. The van der Waals surface area contributed by atoms with Gasteiger partial charge in [-0.15, -0.1) is 0 Å². The van der Waals surface area contributed by atoms with Crippen molar-refractivity contribution < 1.29 is 14.3 Å². The molecule has 1 aromatic carbocycles. The van der Waals surface area contributed by atoms with Gasteiger partial charge in [0, 0.05) is 30.2 Å². The molecule has 1 aromatic rings. The van der Waals surface area contributed by atoms with E-state index in [-0.39, 0.29) is 5.92 Å². The molecule has 0 radical (unpaired) electrons. The third-order valence-corrected chi connectivity index (χ3v) is 4.76. The van der Waals surface area contributed by atoms with Gasteiger partial charge in [-0.05, 0) is 37.0 Å². The maximum atomic E-state index is 12.5. The average molecular weight is 301 g/mol. The Hall–Kier alpha value is -1.84. The van der Waals surface area contributed by atoms with Crippen LogP contribution in [0, 0.1) is 5.92 Å². The van der Waals surface area contributed by atoms with E-state index >= 15 is 0 Å². The van der Waals surface area contributed by atoms with Crippen LogP contribution in [0.2, 0.25) is 0 Å². The maximum absolute atomic E-state index is 12.5. The quantitative estimate of drug-likeness (QED) is 0.839. The molecule has 0 unspecified atom stereocenters. The summed E-state index contributed by atoms with van der Waals surface area (Å²) >= 11 is 0. The zero-order chi connectivity index (χ0) is 15.5. The van der Waals surface area contributed by atoms with Crippen LogP contribution >= 0.6 is 0 Å². The van der Waals surface area contributed by atoms with Crippen LogP contribution in [0.1, 0.15) is 43.2 Å². The second-order valence-corrected chi connectivity index (χ2v) is 6.07. The lowest BCUT2D eigenvalue weighted by molar-refractivity contribution is -0.121. The van der Waals surface area contributed by atoms with Gasteiger partial charge in [-0.2, -0.15) is 0 Å². The number of fused-ring (bicyclic) bond motifs is 1. The summed E-state index contributed by atoms with van der Waals surface area (Å²) in [4.78, 5) is 17.1. The maximum Gasteiger partial charge on any atom is 0.161 e. The fourth-order valence-electron chi connectivity index (χ4n) is 3.50. The minimum Gasteiger partial charge on any atom is -0.493 e. The van der Waals surface area contributed by atoms with Crippen molar-refractivity contribution in [3.8, 4) is 11.5 Å². The van der Waals surface area contributed by atoms with Crippen LogP contribution in [0.15, 0.2) is 17.1 Å². The number of aliphatic imine (C=N–C) groups is 1. The predicted molar refractivity (Wildman–Crippen MR) is 86.2 cm³/mol. The van der Waals surface area contributed by atoms with Gasteiger partial charge >= 0.3 is 0 Å². The van der Waals surface area contributed by atoms with Crippen LogP contribution in [-0.4, -0.2) is 32.3 Å². The van der Waals surface area contributed by atoms with E-state index in [1.165, 1.54) is 18.4 Å². The highest BCUT2D eigenvalue weighted by atomic mass is 16.5. The average Bonchev–Trinajstić information content (AvgIpc) is 3.08. The fraction of sp³-hybridized carbons (Fsp3) is 0.556. The summed E-state index contributed by atoms with van der Waals surface area (Å²) in [6.45, 7) is 0.746. The van der Waals surface area contributed by atoms with Crippen LogP contribution in [0.25, 0.3) is 0 Å². The van der Waals surface area contributed by atoms with E-state index in [0.717, 1.165) is 42.8 Å². The van der Waals surface area contributed by atoms with Crippen LogP contribution in [0.5, 0.6) is 11.5 Å². The van der Waals surface area contributed by atoms with Crippen molar-refractivity contribution in [1.29, 1.82) is 0 Å². The molecule has 4 nitrogen and oxygen atoms in total. The molecule has 1 aliphatic carbocycles. The number of benzene rings is 1. The Labute approximate surface area is 131 Å². The van der Waals surface area contributed by atoms with Gasteiger partial charge in [0.15, 0.2) is 11.5 Å². The summed E-state index contributed by atoms with van der Waals surface area (Å²) in [6.07, 6.45) is 5.80. The van der Waals surface area contributed by atoms with Crippen molar-refractivity contribution in [1.82, 2.24) is 0 Å². The van der Waals surface area contributed by atoms with E-state index in [4.69, 9.17) is 9.47 Å². The van der Waals surface area contributed by atoms with Crippen molar-refractivity contribution in [2.45, 2.75) is 38.5 Å². The smallest absolute Gasteiger partial charge is 0.161 e. The molecule has 0 aromatic heterocycles. The predicted octanol–water partition coefficient (Wildman–Crippen LogP) is 3.20. The van der Waals surface area contributed by atoms with Gasteiger partial charge in [0.25, 0.3) is 0 Å². The van der Waals surface area contributed by atoms with Gasteiger partial charge in [0.05, 0.1) is 14.2 Å². The molecule has 0 amide bonds. The lowest BCUT2D eigenvalue weighted by atomic mass is 9.90. The molecule has 1 saturated carbocycles. The van der Waals surface area contributed by atoms with Crippen LogP contribution in [-0.2, 0) is 11.2 Å². The molecule has 3 rings (SSSR count). The molecule has 118 valence electrons. The Balaban J connectivity index is 1.85. The standard InChI is InChI=1S/C18H23NO3/c1-21-17-9-13-7-8-19-15(14(13)10-18(17)22-2)11-16(20)12-5-3-4-6-12/h9-10,12H,3-8,11H2,1-2H3. The number of ketones is 1.